The van der Waals surface area contributed by atoms with E-state index in [9.17, 15) is 4.79 Å². The number of carbonyl (C=O) groups excluding carboxylic acids is 1. The lowest BCUT2D eigenvalue weighted by Gasteiger charge is -2.23. The molecule has 1 unspecified atom stereocenters. The average Bonchev–Trinajstić information content (AvgIpc) is 2.60. The van der Waals surface area contributed by atoms with Gasteiger partial charge < -0.3 is 16.0 Å². The minimum atomic E-state index is -0.0453. The summed E-state index contributed by atoms with van der Waals surface area (Å²) in [5, 5.41) is 9.09. The van der Waals surface area contributed by atoms with Gasteiger partial charge in [0.25, 0.3) is 0 Å². The summed E-state index contributed by atoms with van der Waals surface area (Å²) in [5.74, 6) is 2.32. The summed E-state index contributed by atoms with van der Waals surface area (Å²) in [6.45, 7) is 4.67. The molecule has 1 rings (SSSR count). The number of hydrogen-bond acceptors (Lipinski definition) is 3. The Morgan fingerprint density at radius 1 is 1.71 bits per heavy atom. The van der Waals surface area contributed by atoms with Crippen LogP contribution in [0.4, 0.5) is 0 Å². The van der Waals surface area contributed by atoms with Crippen LogP contribution in [-0.2, 0) is 4.79 Å². The fourth-order valence-electron chi connectivity index (χ4n) is 1.47. The lowest BCUT2D eigenvalue weighted by atomic mass is 10.0. The second-order valence-corrected chi connectivity index (χ2v) is 3.82. The summed E-state index contributed by atoms with van der Waals surface area (Å²) in [5.41, 5.74) is 0.0491. The minimum absolute atomic E-state index is 0.0453. The quantitative estimate of drug-likeness (QED) is 0.508. The second-order valence-electron chi connectivity index (χ2n) is 3.82. The molecule has 14 heavy (non-hydrogen) atoms. The summed E-state index contributed by atoms with van der Waals surface area (Å²) in [6, 6.07) is 0. The van der Waals surface area contributed by atoms with Crippen LogP contribution in [0, 0.1) is 12.3 Å². The Labute approximate surface area is 84.8 Å². The molecule has 1 fully saturated rings. The fourth-order valence-corrected chi connectivity index (χ4v) is 1.47. The summed E-state index contributed by atoms with van der Waals surface area (Å²) in [7, 11) is 0. The molecule has 1 heterocycles. The van der Waals surface area contributed by atoms with Gasteiger partial charge >= 0.3 is 0 Å². The van der Waals surface area contributed by atoms with Crippen molar-refractivity contribution in [3.05, 3.63) is 0 Å². The first-order valence-corrected chi connectivity index (χ1v) is 4.82. The van der Waals surface area contributed by atoms with Gasteiger partial charge in [0.2, 0.25) is 5.91 Å². The SMILES string of the molecule is C#CCNC(=O)CNC1(C)CCNC1. The Balaban J connectivity index is 2.19. The van der Waals surface area contributed by atoms with Crippen molar-refractivity contribution in [2.24, 2.45) is 0 Å². The number of carbonyl (C=O) groups is 1. The third kappa shape index (κ3) is 3.36. The van der Waals surface area contributed by atoms with E-state index in [2.05, 4.69) is 28.8 Å². The van der Waals surface area contributed by atoms with Crippen molar-refractivity contribution in [3.8, 4) is 12.3 Å². The van der Waals surface area contributed by atoms with Gasteiger partial charge in [-0.1, -0.05) is 5.92 Å². The zero-order valence-electron chi connectivity index (χ0n) is 8.52. The predicted octanol–water partition coefficient (Wildman–Crippen LogP) is -0.923. The molecule has 1 atom stereocenters. The van der Waals surface area contributed by atoms with Crippen LogP contribution in [0.25, 0.3) is 0 Å². The molecule has 0 spiro atoms. The summed E-state index contributed by atoms with van der Waals surface area (Å²) in [6.07, 6.45) is 6.08. The zero-order chi connectivity index (χ0) is 10.4. The van der Waals surface area contributed by atoms with E-state index < -0.39 is 0 Å². The molecule has 1 saturated heterocycles. The molecule has 0 aliphatic carbocycles. The van der Waals surface area contributed by atoms with Crippen molar-refractivity contribution in [1.29, 1.82) is 0 Å². The van der Waals surface area contributed by atoms with E-state index in [0.29, 0.717) is 13.1 Å². The van der Waals surface area contributed by atoms with Crippen LogP contribution >= 0.6 is 0 Å². The van der Waals surface area contributed by atoms with Crippen LogP contribution in [0.5, 0.6) is 0 Å². The van der Waals surface area contributed by atoms with E-state index in [-0.39, 0.29) is 11.4 Å². The van der Waals surface area contributed by atoms with E-state index in [4.69, 9.17) is 6.42 Å². The van der Waals surface area contributed by atoms with E-state index in [0.717, 1.165) is 19.5 Å². The van der Waals surface area contributed by atoms with Crippen LogP contribution in [0.1, 0.15) is 13.3 Å². The van der Waals surface area contributed by atoms with Crippen molar-refractivity contribution in [3.63, 3.8) is 0 Å². The van der Waals surface area contributed by atoms with Crippen LogP contribution in [0.2, 0.25) is 0 Å². The molecule has 1 aliphatic rings. The van der Waals surface area contributed by atoms with Crippen LogP contribution in [0.3, 0.4) is 0 Å². The van der Waals surface area contributed by atoms with Gasteiger partial charge in [0.15, 0.2) is 0 Å². The smallest absolute Gasteiger partial charge is 0.234 e. The maximum atomic E-state index is 11.2. The molecule has 0 aromatic rings. The van der Waals surface area contributed by atoms with Crippen LogP contribution in [-0.4, -0.2) is 37.6 Å². The number of terminal acetylenes is 1. The van der Waals surface area contributed by atoms with Gasteiger partial charge in [-0.3, -0.25) is 4.79 Å². The van der Waals surface area contributed by atoms with Crippen molar-refractivity contribution >= 4 is 5.91 Å². The maximum Gasteiger partial charge on any atom is 0.234 e. The van der Waals surface area contributed by atoms with Crippen molar-refractivity contribution < 1.29 is 4.79 Å². The number of hydrogen-bond donors (Lipinski definition) is 3. The lowest BCUT2D eigenvalue weighted by Crippen LogP contribution is -2.48. The van der Waals surface area contributed by atoms with E-state index in [1.807, 2.05) is 0 Å². The second kappa shape index (κ2) is 4.99. The van der Waals surface area contributed by atoms with Crippen molar-refractivity contribution in [2.75, 3.05) is 26.2 Å². The van der Waals surface area contributed by atoms with Gasteiger partial charge in [-0.2, -0.15) is 0 Å². The molecule has 0 bridgehead atoms. The van der Waals surface area contributed by atoms with Crippen molar-refractivity contribution in [2.45, 2.75) is 18.9 Å². The van der Waals surface area contributed by atoms with Gasteiger partial charge in [0.1, 0.15) is 0 Å². The molecule has 1 amide bonds. The normalized spacial score (nSPS) is 25.7. The van der Waals surface area contributed by atoms with Gasteiger partial charge in [-0.15, -0.1) is 6.42 Å². The predicted molar refractivity (Wildman–Crippen MR) is 55.7 cm³/mol. The number of amides is 1. The first kappa shape index (κ1) is 11.0. The molecule has 0 aromatic carbocycles. The van der Waals surface area contributed by atoms with Gasteiger partial charge in [-0.05, 0) is 19.9 Å². The Hall–Kier alpha value is -1.05. The minimum Gasteiger partial charge on any atom is -0.344 e. The first-order valence-electron chi connectivity index (χ1n) is 4.82. The third-order valence-electron chi connectivity index (χ3n) is 2.43. The highest BCUT2D eigenvalue weighted by atomic mass is 16.1. The highest BCUT2D eigenvalue weighted by Crippen LogP contribution is 2.12. The first-order chi connectivity index (χ1) is 6.66. The van der Waals surface area contributed by atoms with E-state index in [1.54, 1.807) is 0 Å². The highest BCUT2D eigenvalue weighted by Gasteiger charge is 2.27. The topological polar surface area (TPSA) is 53.2 Å². The molecule has 3 N–H and O–H groups in total. The Morgan fingerprint density at radius 2 is 2.50 bits per heavy atom. The van der Waals surface area contributed by atoms with Gasteiger partial charge in [0.05, 0.1) is 13.1 Å². The molecular weight excluding hydrogens is 178 g/mol. The van der Waals surface area contributed by atoms with E-state index in [1.165, 1.54) is 0 Å². The molecule has 1 aliphatic heterocycles. The van der Waals surface area contributed by atoms with Crippen molar-refractivity contribution in [1.82, 2.24) is 16.0 Å². The van der Waals surface area contributed by atoms with Gasteiger partial charge in [-0.25, -0.2) is 0 Å². The standard InChI is InChI=1S/C10H17N3O/c1-3-5-12-9(14)7-13-10(2)4-6-11-8-10/h1,11,13H,4-8H2,2H3,(H,12,14). The molecule has 0 aromatic heterocycles. The average molecular weight is 195 g/mol. The summed E-state index contributed by atoms with van der Waals surface area (Å²) >= 11 is 0. The number of rotatable bonds is 4. The maximum absolute atomic E-state index is 11.2. The third-order valence-corrected chi connectivity index (χ3v) is 2.43. The summed E-state index contributed by atoms with van der Waals surface area (Å²) < 4.78 is 0. The molecular formula is C10H17N3O. The Morgan fingerprint density at radius 3 is 3.07 bits per heavy atom. The van der Waals surface area contributed by atoms with E-state index >= 15 is 0 Å². The lowest BCUT2D eigenvalue weighted by molar-refractivity contribution is -0.120. The van der Waals surface area contributed by atoms with Crippen LogP contribution < -0.4 is 16.0 Å². The Bertz CT molecular complexity index is 238. The van der Waals surface area contributed by atoms with Gasteiger partial charge in [0, 0.05) is 12.1 Å². The molecule has 0 radical (unpaired) electrons. The highest BCUT2D eigenvalue weighted by molar-refractivity contribution is 5.78. The molecule has 0 saturated carbocycles. The fraction of sp³-hybridized carbons (Fsp3) is 0.700. The number of nitrogens with one attached hydrogen (secondary N) is 3. The Kier molecular flexibility index (Phi) is 3.93. The molecule has 78 valence electrons. The molecule has 4 heteroatoms. The largest absolute Gasteiger partial charge is 0.344 e. The summed E-state index contributed by atoms with van der Waals surface area (Å²) in [4.78, 5) is 11.2. The zero-order valence-corrected chi connectivity index (χ0v) is 8.52. The monoisotopic (exact) mass is 195 g/mol. The van der Waals surface area contributed by atoms with Crippen LogP contribution in [0.15, 0.2) is 0 Å². The molecule has 4 nitrogen and oxygen atoms in total.